The van der Waals surface area contributed by atoms with Gasteiger partial charge in [0.05, 0.1) is 10.9 Å². The van der Waals surface area contributed by atoms with Gasteiger partial charge < -0.3 is 10.6 Å². The summed E-state index contributed by atoms with van der Waals surface area (Å²) in [5.74, 6) is 0.0285. The molecule has 5 heteroatoms. The Bertz CT molecular complexity index is 736. The van der Waals surface area contributed by atoms with Gasteiger partial charge >= 0.3 is 0 Å². The van der Waals surface area contributed by atoms with Crippen molar-refractivity contribution in [2.45, 2.75) is 32.7 Å². The van der Waals surface area contributed by atoms with Gasteiger partial charge in [-0.2, -0.15) is 0 Å². The molecule has 0 radical (unpaired) electrons. The Labute approximate surface area is 133 Å². The molecule has 22 heavy (non-hydrogen) atoms. The van der Waals surface area contributed by atoms with Gasteiger partial charge in [0.15, 0.2) is 0 Å². The average Bonchev–Trinajstić information content (AvgIpc) is 2.92. The maximum atomic E-state index is 12.3. The third-order valence-corrected chi connectivity index (χ3v) is 4.96. The Hall–Kier alpha value is -2.14. The summed E-state index contributed by atoms with van der Waals surface area (Å²) in [5, 5.41) is 7.84. The molecule has 0 saturated heterocycles. The molecular weight excluding hydrogens is 296 g/mol. The molecule has 0 spiro atoms. The number of anilines is 1. The smallest absolute Gasteiger partial charge is 0.262 e. The van der Waals surface area contributed by atoms with E-state index in [0.29, 0.717) is 6.42 Å². The zero-order chi connectivity index (χ0) is 15.7. The van der Waals surface area contributed by atoms with Gasteiger partial charge in [0.25, 0.3) is 5.91 Å². The molecule has 0 unspecified atom stereocenters. The van der Waals surface area contributed by atoms with Gasteiger partial charge in [-0.15, -0.1) is 11.3 Å². The number of carbonyl (C=O) groups excluding carboxylic acids is 2. The number of fused-ring (bicyclic) bond motifs is 1. The van der Waals surface area contributed by atoms with Crippen LogP contribution in [-0.2, 0) is 11.2 Å². The molecule has 1 aromatic carbocycles. The predicted octanol–water partition coefficient (Wildman–Crippen LogP) is 3.43. The van der Waals surface area contributed by atoms with Crippen LogP contribution in [-0.4, -0.2) is 11.8 Å². The van der Waals surface area contributed by atoms with Crippen molar-refractivity contribution < 1.29 is 9.59 Å². The average molecular weight is 314 g/mol. The van der Waals surface area contributed by atoms with E-state index < -0.39 is 0 Å². The van der Waals surface area contributed by atoms with Gasteiger partial charge in [0.1, 0.15) is 0 Å². The lowest BCUT2D eigenvalue weighted by atomic mass is 9.98. The second-order valence-electron chi connectivity index (χ2n) is 5.59. The number of rotatable bonds is 3. The topological polar surface area (TPSA) is 58.2 Å². The van der Waals surface area contributed by atoms with E-state index in [0.717, 1.165) is 33.7 Å². The second kappa shape index (κ2) is 5.93. The van der Waals surface area contributed by atoms with E-state index in [4.69, 9.17) is 0 Å². The molecule has 0 fully saturated rings. The fourth-order valence-corrected chi connectivity index (χ4v) is 3.45. The zero-order valence-corrected chi connectivity index (χ0v) is 13.4. The van der Waals surface area contributed by atoms with Crippen molar-refractivity contribution in [3.8, 4) is 0 Å². The van der Waals surface area contributed by atoms with Crippen molar-refractivity contribution in [1.82, 2.24) is 5.32 Å². The number of nitrogens with one attached hydrogen (secondary N) is 2. The summed E-state index contributed by atoms with van der Waals surface area (Å²) in [7, 11) is 0. The van der Waals surface area contributed by atoms with Crippen LogP contribution in [0, 0.1) is 6.92 Å². The molecule has 4 nitrogen and oxygen atoms in total. The van der Waals surface area contributed by atoms with Crippen LogP contribution in [0.1, 0.15) is 45.7 Å². The van der Waals surface area contributed by atoms with Crippen LogP contribution in [0.25, 0.3) is 0 Å². The Balaban J connectivity index is 1.75. The van der Waals surface area contributed by atoms with Gasteiger partial charge in [-0.1, -0.05) is 12.1 Å². The highest BCUT2D eigenvalue weighted by atomic mass is 32.1. The van der Waals surface area contributed by atoms with E-state index in [1.807, 2.05) is 37.4 Å². The Morgan fingerprint density at radius 2 is 2.14 bits per heavy atom. The highest BCUT2D eigenvalue weighted by Gasteiger charge is 2.18. The van der Waals surface area contributed by atoms with Crippen LogP contribution in [0.5, 0.6) is 0 Å². The zero-order valence-electron chi connectivity index (χ0n) is 12.6. The summed E-state index contributed by atoms with van der Waals surface area (Å²) in [6, 6.07) is 7.82. The van der Waals surface area contributed by atoms with Crippen molar-refractivity contribution in [1.29, 1.82) is 0 Å². The van der Waals surface area contributed by atoms with Crippen molar-refractivity contribution in [3.05, 3.63) is 51.2 Å². The number of benzene rings is 1. The molecule has 1 aliphatic heterocycles. The maximum absolute atomic E-state index is 12.3. The molecule has 2 N–H and O–H groups in total. The minimum Gasteiger partial charge on any atom is -0.345 e. The quantitative estimate of drug-likeness (QED) is 0.912. The molecule has 1 atom stereocenters. The van der Waals surface area contributed by atoms with Crippen molar-refractivity contribution in [2.24, 2.45) is 0 Å². The van der Waals surface area contributed by atoms with E-state index in [-0.39, 0.29) is 17.9 Å². The summed E-state index contributed by atoms with van der Waals surface area (Å²) < 4.78 is 0. The molecule has 2 aromatic rings. The van der Waals surface area contributed by atoms with Crippen LogP contribution in [0.15, 0.2) is 29.6 Å². The highest BCUT2D eigenvalue weighted by molar-refractivity contribution is 7.12. The normalized spacial score (nSPS) is 14.9. The molecule has 0 bridgehead atoms. The summed E-state index contributed by atoms with van der Waals surface area (Å²) in [5.41, 5.74) is 4.07. The number of hydrogen-bond acceptors (Lipinski definition) is 3. The summed E-state index contributed by atoms with van der Waals surface area (Å²) in [6.07, 6.45) is 1.27. The number of carbonyl (C=O) groups is 2. The minimum atomic E-state index is -0.0723. The third-order valence-electron chi connectivity index (χ3n) is 3.94. The van der Waals surface area contributed by atoms with E-state index in [2.05, 4.69) is 16.7 Å². The lowest BCUT2D eigenvalue weighted by Crippen LogP contribution is -2.27. The second-order valence-corrected chi connectivity index (χ2v) is 6.51. The Morgan fingerprint density at radius 3 is 2.86 bits per heavy atom. The first kappa shape index (κ1) is 14.8. The van der Waals surface area contributed by atoms with Gasteiger partial charge in [-0.25, -0.2) is 0 Å². The van der Waals surface area contributed by atoms with Crippen molar-refractivity contribution >= 4 is 28.8 Å². The van der Waals surface area contributed by atoms with Crippen LogP contribution in [0.2, 0.25) is 0 Å². The standard InChI is InChI=1S/C17H18N2O2S/c1-10-7-8-22-16(10)17(21)18-11(2)12-3-5-14-13(9-12)4-6-15(20)19-14/h3,5,7-9,11H,4,6H2,1-2H3,(H,18,21)(H,19,20)/t11-/m0/s1. The molecule has 0 aliphatic carbocycles. The van der Waals surface area contributed by atoms with Gasteiger partial charge in [0.2, 0.25) is 5.91 Å². The van der Waals surface area contributed by atoms with E-state index in [1.54, 1.807) is 0 Å². The van der Waals surface area contributed by atoms with E-state index >= 15 is 0 Å². The molecule has 1 aromatic heterocycles. The first-order valence-electron chi connectivity index (χ1n) is 7.32. The summed E-state index contributed by atoms with van der Waals surface area (Å²) in [6.45, 7) is 3.92. The van der Waals surface area contributed by atoms with Gasteiger partial charge in [0, 0.05) is 12.1 Å². The molecule has 0 saturated carbocycles. The minimum absolute atomic E-state index is 0.0361. The van der Waals surface area contributed by atoms with Crippen LogP contribution in [0.3, 0.4) is 0 Å². The molecule has 2 amide bonds. The van der Waals surface area contributed by atoms with Crippen LogP contribution >= 0.6 is 11.3 Å². The summed E-state index contributed by atoms with van der Waals surface area (Å²) in [4.78, 5) is 24.4. The molecule has 2 heterocycles. The Kier molecular flexibility index (Phi) is 3.98. The molecule has 3 rings (SSSR count). The summed E-state index contributed by atoms with van der Waals surface area (Å²) >= 11 is 1.46. The van der Waals surface area contributed by atoms with Crippen molar-refractivity contribution in [3.63, 3.8) is 0 Å². The van der Waals surface area contributed by atoms with Crippen LogP contribution in [0.4, 0.5) is 5.69 Å². The first-order valence-corrected chi connectivity index (χ1v) is 8.20. The van der Waals surface area contributed by atoms with Crippen LogP contribution < -0.4 is 10.6 Å². The number of aryl methyl sites for hydroxylation is 2. The largest absolute Gasteiger partial charge is 0.345 e. The molecule has 114 valence electrons. The first-order chi connectivity index (χ1) is 10.5. The van der Waals surface area contributed by atoms with Crippen molar-refractivity contribution in [2.75, 3.05) is 5.32 Å². The molecular formula is C17H18N2O2S. The highest BCUT2D eigenvalue weighted by Crippen LogP contribution is 2.26. The lowest BCUT2D eigenvalue weighted by molar-refractivity contribution is -0.116. The molecule has 1 aliphatic rings. The fourth-order valence-electron chi connectivity index (χ4n) is 2.62. The predicted molar refractivity (Wildman–Crippen MR) is 88.3 cm³/mol. The van der Waals surface area contributed by atoms with Gasteiger partial charge in [-0.05, 0) is 54.5 Å². The number of amides is 2. The Morgan fingerprint density at radius 1 is 1.32 bits per heavy atom. The van der Waals surface area contributed by atoms with Gasteiger partial charge in [-0.3, -0.25) is 9.59 Å². The lowest BCUT2D eigenvalue weighted by Gasteiger charge is -2.20. The van der Waals surface area contributed by atoms with E-state index in [9.17, 15) is 9.59 Å². The van der Waals surface area contributed by atoms with E-state index in [1.165, 1.54) is 11.3 Å². The maximum Gasteiger partial charge on any atom is 0.262 e. The SMILES string of the molecule is Cc1ccsc1C(=O)N[C@@H](C)c1ccc2c(c1)CCC(=O)N2. The number of hydrogen-bond donors (Lipinski definition) is 2. The fraction of sp³-hybridized carbons (Fsp3) is 0.294. The monoisotopic (exact) mass is 314 g/mol. The third kappa shape index (κ3) is 2.90. The number of thiophene rings is 1.